The first-order valence-electron chi connectivity index (χ1n) is 6.22. The summed E-state index contributed by atoms with van der Waals surface area (Å²) in [6.45, 7) is 5.87. The number of methoxy groups -OCH3 is 1. The van der Waals surface area contributed by atoms with Crippen molar-refractivity contribution in [1.82, 2.24) is 5.32 Å². The normalized spacial score (nSPS) is 19.2. The highest BCUT2D eigenvalue weighted by molar-refractivity contribution is 5.39. The van der Waals surface area contributed by atoms with Gasteiger partial charge >= 0.3 is 0 Å². The van der Waals surface area contributed by atoms with Crippen LogP contribution < -0.4 is 10.1 Å². The van der Waals surface area contributed by atoms with E-state index in [4.69, 9.17) is 9.47 Å². The summed E-state index contributed by atoms with van der Waals surface area (Å²) in [7, 11) is 1.71. The topological polar surface area (TPSA) is 30.5 Å². The monoisotopic (exact) mass is 235 g/mol. The molecule has 17 heavy (non-hydrogen) atoms. The van der Waals surface area contributed by atoms with Crippen LogP contribution in [0, 0.1) is 0 Å². The molecule has 94 valence electrons. The SMILES string of the molecule is COc1ccc2c(c1)CCNC2COC(C)C. The van der Waals surface area contributed by atoms with Gasteiger partial charge in [-0.1, -0.05) is 6.07 Å². The molecule has 0 bridgehead atoms. The maximum atomic E-state index is 5.70. The molecule has 2 rings (SSSR count). The molecule has 0 saturated carbocycles. The van der Waals surface area contributed by atoms with Gasteiger partial charge in [0.2, 0.25) is 0 Å². The van der Waals surface area contributed by atoms with Gasteiger partial charge in [-0.3, -0.25) is 0 Å². The summed E-state index contributed by atoms with van der Waals surface area (Å²) < 4.78 is 11.0. The lowest BCUT2D eigenvalue weighted by Crippen LogP contribution is -2.33. The van der Waals surface area contributed by atoms with Gasteiger partial charge in [0.1, 0.15) is 5.75 Å². The minimum atomic E-state index is 0.278. The standard InChI is InChI=1S/C14H21NO2/c1-10(2)17-9-14-13-5-4-12(16-3)8-11(13)6-7-15-14/h4-5,8,10,14-15H,6-7,9H2,1-3H3. The quantitative estimate of drug-likeness (QED) is 0.868. The summed E-state index contributed by atoms with van der Waals surface area (Å²) in [5, 5.41) is 3.50. The Labute approximate surface area is 103 Å². The highest BCUT2D eigenvalue weighted by atomic mass is 16.5. The van der Waals surface area contributed by atoms with Gasteiger partial charge in [0, 0.05) is 0 Å². The van der Waals surface area contributed by atoms with Crippen LogP contribution >= 0.6 is 0 Å². The van der Waals surface area contributed by atoms with Crippen molar-refractivity contribution in [1.29, 1.82) is 0 Å². The van der Waals surface area contributed by atoms with Gasteiger partial charge in [0.25, 0.3) is 0 Å². The van der Waals surface area contributed by atoms with Crippen LogP contribution in [0.5, 0.6) is 5.75 Å². The van der Waals surface area contributed by atoms with Gasteiger partial charge in [0.05, 0.1) is 25.9 Å². The van der Waals surface area contributed by atoms with Crippen LogP contribution in [0.25, 0.3) is 0 Å². The van der Waals surface area contributed by atoms with Crippen LogP contribution in [-0.4, -0.2) is 26.4 Å². The van der Waals surface area contributed by atoms with E-state index in [-0.39, 0.29) is 6.10 Å². The molecule has 1 atom stereocenters. The second kappa shape index (κ2) is 5.52. The van der Waals surface area contributed by atoms with Crippen LogP contribution in [0.15, 0.2) is 18.2 Å². The van der Waals surface area contributed by atoms with E-state index in [2.05, 4.69) is 31.3 Å². The fraction of sp³-hybridized carbons (Fsp3) is 0.571. The molecule has 1 aromatic carbocycles. The highest BCUT2D eigenvalue weighted by Gasteiger charge is 2.20. The lowest BCUT2D eigenvalue weighted by Gasteiger charge is -2.27. The number of rotatable bonds is 4. The molecule has 0 radical (unpaired) electrons. The van der Waals surface area contributed by atoms with E-state index in [1.165, 1.54) is 11.1 Å². The van der Waals surface area contributed by atoms with Gasteiger partial charge < -0.3 is 14.8 Å². The van der Waals surface area contributed by atoms with Gasteiger partial charge in [0.15, 0.2) is 0 Å². The number of nitrogens with one attached hydrogen (secondary N) is 1. The molecule has 0 fully saturated rings. The summed E-state index contributed by atoms with van der Waals surface area (Å²) in [5.74, 6) is 0.939. The molecule has 3 heteroatoms. The Morgan fingerprint density at radius 2 is 2.24 bits per heavy atom. The molecule has 1 aliphatic heterocycles. The van der Waals surface area contributed by atoms with E-state index < -0.39 is 0 Å². The van der Waals surface area contributed by atoms with Crippen molar-refractivity contribution < 1.29 is 9.47 Å². The Kier molecular flexibility index (Phi) is 4.02. The average Bonchev–Trinajstić information content (AvgIpc) is 2.35. The third kappa shape index (κ3) is 2.99. The summed E-state index contributed by atoms with van der Waals surface area (Å²) >= 11 is 0. The Morgan fingerprint density at radius 3 is 2.94 bits per heavy atom. The van der Waals surface area contributed by atoms with Crippen molar-refractivity contribution in [2.45, 2.75) is 32.4 Å². The first kappa shape index (κ1) is 12.4. The first-order chi connectivity index (χ1) is 8.20. The lowest BCUT2D eigenvalue weighted by atomic mass is 9.94. The van der Waals surface area contributed by atoms with E-state index in [0.717, 1.165) is 25.3 Å². The molecule has 1 aliphatic rings. The van der Waals surface area contributed by atoms with E-state index in [1.54, 1.807) is 7.11 Å². The predicted octanol–water partition coefficient (Wildman–Crippen LogP) is 2.31. The van der Waals surface area contributed by atoms with Crippen LogP contribution in [0.3, 0.4) is 0 Å². The zero-order valence-corrected chi connectivity index (χ0v) is 10.8. The third-order valence-electron chi connectivity index (χ3n) is 3.11. The number of ether oxygens (including phenoxy) is 2. The third-order valence-corrected chi connectivity index (χ3v) is 3.11. The van der Waals surface area contributed by atoms with Crippen LogP contribution in [0.4, 0.5) is 0 Å². The molecule has 0 spiro atoms. The van der Waals surface area contributed by atoms with Gasteiger partial charge in [-0.15, -0.1) is 0 Å². The van der Waals surface area contributed by atoms with E-state index in [0.29, 0.717) is 6.04 Å². The average molecular weight is 235 g/mol. The van der Waals surface area contributed by atoms with Crippen LogP contribution in [-0.2, 0) is 11.2 Å². The number of benzene rings is 1. The Balaban J connectivity index is 2.14. The van der Waals surface area contributed by atoms with E-state index >= 15 is 0 Å². The van der Waals surface area contributed by atoms with E-state index in [1.807, 2.05) is 6.07 Å². The van der Waals surface area contributed by atoms with Crippen molar-refractivity contribution in [2.75, 3.05) is 20.3 Å². The highest BCUT2D eigenvalue weighted by Crippen LogP contribution is 2.27. The van der Waals surface area contributed by atoms with E-state index in [9.17, 15) is 0 Å². The smallest absolute Gasteiger partial charge is 0.119 e. The van der Waals surface area contributed by atoms with Crippen molar-refractivity contribution in [3.8, 4) is 5.75 Å². The fourth-order valence-electron chi connectivity index (χ4n) is 2.19. The zero-order valence-electron chi connectivity index (χ0n) is 10.8. The molecule has 3 nitrogen and oxygen atoms in total. The molecule has 0 aromatic heterocycles. The largest absolute Gasteiger partial charge is 0.497 e. The van der Waals surface area contributed by atoms with Gasteiger partial charge in [-0.2, -0.15) is 0 Å². The second-order valence-electron chi connectivity index (χ2n) is 4.70. The molecule has 1 heterocycles. The zero-order chi connectivity index (χ0) is 12.3. The molecular weight excluding hydrogens is 214 g/mol. The molecule has 0 saturated heterocycles. The Bertz CT molecular complexity index is 376. The van der Waals surface area contributed by atoms with Crippen LogP contribution in [0.1, 0.15) is 31.0 Å². The van der Waals surface area contributed by atoms with Gasteiger partial charge in [-0.05, 0) is 50.1 Å². The van der Waals surface area contributed by atoms with Crippen LogP contribution in [0.2, 0.25) is 0 Å². The maximum absolute atomic E-state index is 5.70. The Morgan fingerprint density at radius 1 is 1.41 bits per heavy atom. The maximum Gasteiger partial charge on any atom is 0.119 e. The molecule has 0 aliphatic carbocycles. The minimum absolute atomic E-state index is 0.278. The molecular formula is C14H21NO2. The minimum Gasteiger partial charge on any atom is -0.497 e. The Hall–Kier alpha value is -1.06. The van der Waals surface area contributed by atoms with Crippen molar-refractivity contribution in [3.05, 3.63) is 29.3 Å². The van der Waals surface area contributed by atoms with Crippen molar-refractivity contribution in [2.24, 2.45) is 0 Å². The number of hydrogen-bond acceptors (Lipinski definition) is 3. The fourth-order valence-corrected chi connectivity index (χ4v) is 2.19. The summed E-state index contributed by atoms with van der Waals surface area (Å²) in [5.41, 5.74) is 2.72. The number of hydrogen-bond donors (Lipinski definition) is 1. The second-order valence-corrected chi connectivity index (χ2v) is 4.70. The van der Waals surface area contributed by atoms with Gasteiger partial charge in [-0.25, -0.2) is 0 Å². The molecule has 1 N–H and O–H groups in total. The van der Waals surface area contributed by atoms with Crippen molar-refractivity contribution in [3.63, 3.8) is 0 Å². The lowest BCUT2D eigenvalue weighted by molar-refractivity contribution is 0.0598. The number of fused-ring (bicyclic) bond motifs is 1. The van der Waals surface area contributed by atoms with Crippen molar-refractivity contribution >= 4 is 0 Å². The predicted molar refractivity (Wildman–Crippen MR) is 68.5 cm³/mol. The molecule has 0 amide bonds. The first-order valence-corrected chi connectivity index (χ1v) is 6.22. The summed E-state index contributed by atoms with van der Waals surface area (Å²) in [4.78, 5) is 0. The molecule has 1 aromatic rings. The summed E-state index contributed by atoms with van der Waals surface area (Å²) in [6.07, 6.45) is 1.34. The summed E-state index contributed by atoms with van der Waals surface area (Å²) in [6, 6.07) is 6.62. The molecule has 1 unspecified atom stereocenters.